The maximum Gasteiger partial charge on any atom is 0.240 e. The van der Waals surface area contributed by atoms with Gasteiger partial charge in [0.2, 0.25) is 5.91 Å². The van der Waals surface area contributed by atoms with Crippen LogP contribution in [0.2, 0.25) is 0 Å². The third kappa shape index (κ3) is 2.94. The molecule has 23 heavy (non-hydrogen) atoms. The minimum atomic E-state index is -0.121. The van der Waals surface area contributed by atoms with Gasteiger partial charge in [-0.2, -0.15) is 5.10 Å². The summed E-state index contributed by atoms with van der Waals surface area (Å²) in [4.78, 5) is 13.1. The van der Waals surface area contributed by atoms with E-state index in [1.807, 2.05) is 35.7 Å². The smallest absolute Gasteiger partial charge is 0.240 e. The molecule has 0 bridgehead atoms. The largest absolute Gasteiger partial charge is 0.493 e. The number of rotatable bonds is 4. The quantitative estimate of drug-likeness (QED) is 0.862. The summed E-state index contributed by atoms with van der Waals surface area (Å²) < 4.78 is 10.6. The van der Waals surface area contributed by atoms with Gasteiger partial charge >= 0.3 is 0 Å². The van der Waals surface area contributed by atoms with E-state index in [-0.39, 0.29) is 11.9 Å². The number of carbonyl (C=O) groups is 1. The normalized spacial score (nSPS) is 17.1. The first-order valence-electron chi connectivity index (χ1n) is 7.27. The molecule has 1 aromatic carbocycles. The van der Waals surface area contributed by atoms with Crippen LogP contribution in [-0.4, -0.2) is 30.8 Å². The molecule has 1 aliphatic rings. The van der Waals surface area contributed by atoms with Gasteiger partial charge in [0, 0.05) is 13.3 Å². The highest BCUT2D eigenvalue weighted by atomic mass is 32.1. The molecule has 5 nitrogen and oxygen atoms in total. The van der Waals surface area contributed by atoms with Crippen LogP contribution in [0, 0.1) is 0 Å². The van der Waals surface area contributed by atoms with Crippen LogP contribution in [0.3, 0.4) is 0 Å². The Bertz CT molecular complexity index is 740. The third-order valence-corrected chi connectivity index (χ3v) is 4.75. The molecule has 0 saturated carbocycles. The van der Waals surface area contributed by atoms with Crippen molar-refractivity contribution in [3.05, 3.63) is 46.2 Å². The second-order valence-electron chi connectivity index (χ2n) is 5.22. The van der Waals surface area contributed by atoms with E-state index in [0.29, 0.717) is 17.9 Å². The van der Waals surface area contributed by atoms with Crippen molar-refractivity contribution < 1.29 is 14.3 Å². The zero-order valence-electron chi connectivity index (χ0n) is 13.3. The molecule has 3 rings (SSSR count). The third-order valence-electron chi connectivity index (χ3n) is 3.83. The Hall–Kier alpha value is -2.34. The maximum atomic E-state index is 12.0. The van der Waals surface area contributed by atoms with Gasteiger partial charge in [-0.15, -0.1) is 11.3 Å². The number of methoxy groups -OCH3 is 2. The fourth-order valence-corrected chi connectivity index (χ4v) is 3.43. The number of ether oxygens (including phenoxy) is 2. The molecular weight excluding hydrogens is 312 g/mol. The van der Waals surface area contributed by atoms with Crippen molar-refractivity contribution in [1.82, 2.24) is 5.01 Å². The van der Waals surface area contributed by atoms with Crippen molar-refractivity contribution in [2.75, 3.05) is 14.2 Å². The van der Waals surface area contributed by atoms with Crippen molar-refractivity contribution in [2.24, 2.45) is 5.10 Å². The first-order valence-corrected chi connectivity index (χ1v) is 8.15. The van der Waals surface area contributed by atoms with Gasteiger partial charge in [-0.3, -0.25) is 4.79 Å². The molecule has 2 aromatic rings. The molecule has 0 aliphatic carbocycles. The summed E-state index contributed by atoms with van der Waals surface area (Å²) in [6.07, 6.45) is 0.690. The summed E-state index contributed by atoms with van der Waals surface area (Å²) in [7, 11) is 3.21. The summed E-state index contributed by atoms with van der Waals surface area (Å²) >= 11 is 1.63. The molecule has 0 fully saturated rings. The van der Waals surface area contributed by atoms with Gasteiger partial charge in [0.05, 0.1) is 30.9 Å². The number of amides is 1. The number of nitrogens with zero attached hydrogens (tertiary/aromatic N) is 2. The SMILES string of the molecule is COc1ccc(C2CC(c3cccs3)=NN2C(C)=O)cc1OC. The molecule has 0 N–H and O–H groups in total. The lowest BCUT2D eigenvalue weighted by Gasteiger charge is -2.21. The number of hydrogen-bond acceptors (Lipinski definition) is 5. The zero-order chi connectivity index (χ0) is 16.4. The van der Waals surface area contributed by atoms with Crippen LogP contribution in [0.1, 0.15) is 29.8 Å². The summed E-state index contributed by atoms with van der Waals surface area (Å²) in [5.74, 6) is 1.25. The van der Waals surface area contributed by atoms with Crippen molar-refractivity contribution in [3.63, 3.8) is 0 Å². The van der Waals surface area contributed by atoms with Gasteiger partial charge in [-0.1, -0.05) is 12.1 Å². The summed E-state index contributed by atoms with van der Waals surface area (Å²) in [6.45, 7) is 1.54. The van der Waals surface area contributed by atoms with Crippen LogP contribution < -0.4 is 9.47 Å². The van der Waals surface area contributed by atoms with Crippen LogP contribution in [0.25, 0.3) is 0 Å². The molecule has 0 radical (unpaired) electrons. The Kier molecular flexibility index (Phi) is 4.34. The van der Waals surface area contributed by atoms with Gasteiger partial charge in [0.1, 0.15) is 0 Å². The highest BCUT2D eigenvalue weighted by molar-refractivity contribution is 7.12. The molecule has 120 valence electrons. The predicted molar refractivity (Wildman–Crippen MR) is 90.3 cm³/mol. The molecular formula is C17H18N2O3S. The van der Waals surface area contributed by atoms with Gasteiger partial charge in [0.25, 0.3) is 0 Å². The molecule has 1 unspecified atom stereocenters. The highest BCUT2D eigenvalue weighted by Gasteiger charge is 2.32. The average molecular weight is 330 g/mol. The average Bonchev–Trinajstić information content (AvgIpc) is 3.23. The Balaban J connectivity index is 1.95. The van der Waals surface area contributed by atoms with E-state index in [9.17, 15) is 4.79 Å². The van der Waals surface area contributed by atoms with Crippen molar-refractivity contribution in [1.29, 1.82) is 0 Å². The lowest BCUT2D eigenvalue weighted by Crippen LogP contribution is -2.24. The van der Waals surface area contributed by atoms with Gasteiger partial charge in [-0.05, 0) is 29.1 Å². The fraction of sp³-hybridized carbons (Fsp3) is 0.294. The fourth-order valence-electron chi connectivity index (χ4n) is 2.71. The Morgan fingerprint density at radius 2 is 2.04 bits per heavy atom. The summed E-state index contributed by atoms with van der Waals surface area (Å²) in [6, 6.07) is 9.62. The molecule has 0 spiro atoms. The molecule has 0 saturated heterocycles. The number of hydrogen-bond donors (Lipinski definition) is 0. The topological polar surface area (TPSA) is 51.1 Å². The Morgan fingerprint density at radius 1 is 1.26 bits per heavy atom. The zero-order valence-corrected chi connectivity index (χ0v) is 14.1. The van der Waals surface area contributed by atoms with E-state index in [4.69, 9.17) is 9.47 Å². The minimum Gasteiger partial charge on any atom is -0.493 e. The maximum absolute atomic E-state index is 12.0. The lowest BCUT2D eigenvalue weighted by molar-refractivity contribution is -0.130. The van der Waals surface area contributed by atoms with E-state index in [2.05, 4.69) is 5.10 Å². The van der Waals surface area contributed by atoms with E-state index in [1.165, 1.54) is 6.92 Å². The number of hydrazone groups is 1. The monoisotopic (exact) mass is 330 g/mol. The van der Waals surface area contributed by atoms with Crippen LogP contribution in [-0.2, 0) is 4.79 Å². The second-order valence-corrected chi connectivity index (χ2v) is 6.17. The Labute approximate surface area is 139 Å². The lowest BCUT2D eigenvalue weighted by atomic mass is 10.0. The molecule has 1 amide bonds. The highest BCUT2D eigenvalue weighted by Crippen LogP contribution is 2.37. The second kappa shape index (κ2) is 6.42. The van der Waals surface area contributed by atoms with E-state index in [1.54, 1.807) is 30.6 Å². The molecule has 6 heteroatoms. The minimum absolute atomic E-state index is 0.0728. The van der Waals surface area contributed by atoms with Crippen molar-refractivity contribution in [3.8, 4) is 11.5 Å². The molecule has 2 heterocycles. The van der Waals surface area contributed by atoms with Crippen LogP contribution in [0.15, 0.2) is 40.8 Å². The van der Waals surface area contributed by atoms with Crippen molar-refractivity contribution >= 4 is 23.0 Å². The molecule has 1 aromatic heterocycles. The van der Waals surface area contributed by atoms with Crippen molar-refractivity contribution in [2.45, 2.75) is 19.4 Å². The Morgan fingerprint density at radius 3 is 2.65 bits per heavy atom. The predicted octanol–water partition coefficient (Wildman–Crippen LogP) is 3.46. The van der Waals surface area contributed by atoms with E-state index < -0.39 is 0 Å². The standard InChI is InChI=1S/C17H18N2O3S/c1-11(20)19-14(10-13(18-19)17-5-4-8-23-17)12-6-7-15(21-2)16(9-12)22-3/h4-9,14H,10H2,1-3H3. The summed E-state index contributed by atoms with van der Waals surface area (Å²) in [5, 5.41) is 8.09. The number of thiophene rings is 1. The first-order chi connectivity index (χ1) is 11.1. The first kappa shape index (κ1) is 15.6. The van der Waals surface area contributed by atoms with Gasteiger partial charge in [-0.25, -0.2) is 5.01 Å². The van der Waals surface area contributed by atoms with Crippen LogP contribution in [0.5, 0.6) is 11.5 Å². The van der Waals surface area contributed by atoms with E-state index in [0.717, 1.165) is 16.2 Å². The molecule has 1 aliphatic heterocycles. The number of carbonyl (C=O) groups excluding carboxylic acids is 1. The van der Waals surface area contributed by atoms with Crippen LogP contribution >= 0.6 is 11.3 Å². The number of benzene rings is 1. The van der Waals surface area contributed by atoms with Crippen LogP contribution in [0.4, 0.5) is 0 Å². The van der Waals surface area contributed by atoms with E-state index >= 15 is 0 Å². The van der Waals surface area contributed by atoms with Gasteiger partial charge in [0.15, 0.2) is 11.5 Å². The summed E-state index contributed by atoms with van der Waals surface area (Å²) in [5.41, 5.74) is 1.92. The molecule has 1 atom stereocenters. The van der Waals surface area contributed by atoms with Gasteiger partial charge < -0.3 is 9.47 Å².